The van der Waals surface area contributed by atoms with Crippen LogP contribution in [0.1, 0.15) is 12.8 Å². The second-order valence-electron chi connectivity index (χ2n) is 5.85. The van der Waals surface area contributed by atoms with Crippen molar-refractivity contribution >= 4 is 21.6 Å². The van der Waals surface area contributed by atoms with Crippen molar-refractivity contribution in [2.45, 2.75) is 17.7 Å². The van der Waals surface area contributed by atoms with Crippen molar-refractivity contribution in [2.24, 2.45) is 0 Å². The molecule has 2 aromatic carbocycles. The summed E-state index contributed by atoms with van der Waals surface area (Å²) < 4.78 is 42.9. The molecular weight excluding hydrogens is 390 g/mol. The maximum Gasteiger partial charge on any atom is 0.246 e. The van der Waals surface area contributed by atoms with Gasteiger partial charge in [0.15, 0.2) is 0 Å². The predicted octanol–water partition coefficient (Wildman–Crippen LogP) is 3.84. The minimum atomic E-state index is -3.69. The van der Waals surface area contributed by atoms with E-state index in [0.717, 1.165) is 12.2 Å². The van der Waals surface area contributed by atoms with Gasteiger partial charge in [-0.2, -0.15) is 0 Å². The van der Waals surface area contributed by atoms with Gasteiger partial charge in [0.2, 0.25) is 10.0 Å². The Morgan fingerprint density at radius 2 is 1.63 bits per heavy atom. The summed E-state index contributed by atoms with van der Waals surface area (Å²) in [6.45, 7) is 0.866. The molecule has 8 heteroatoms. The zero-order chi connectivity index (χ0) is 19.9. The van der Waals surface area contributed by atoms with E-state index in [1.54, 1.807) is 43.4 Å². The first-order valence-electron chi connectivity index (χ1n) is 8.45. The highest BCUT2D eigenvalue weighted by Crippen LogP contribution is 2.30. The molecule has 2 aromatic rings. The van der Waals surface area contributed by atoms with Gasteiger partial charge < -0.3 is 14.2 Å². The number of halogens is 1. The molecule has 0 saturated carbocycles. The molecule has 148 valence electrons. The molecule has 0 N–H and O–H groups in total. The lowest BCUT2D eigenvalue weighted by molar-refractivity contribution is 0.300. The van der Waals surface area contributed by atoms with E-state index in [-0.39, 0.29) is 10.6 Å². The summed E-state index contributed by atoms with van der Waals surface area (Å²) in [7, 11) is 0.792. The number of methoxy groups -OCH3 is 2. The van der Waals surface area contributed by atoms with Crippen molar-refractivity contribution in [1.82, 2.24) is 4.31 Å². The van der Waals surface area contributed by atoms with Crippen molar-refractivity contribution < 1.29 is 22.6 Å². The number of benzene rings is 2. The molecule has 0 aromatic heterocycles. The van der Waals surface area contributed by atoms with Crippen molar-refractivity contribution in [3.05, 3.63) is 47.5 Å². The highest BCUT2D eigenvalue weighted by atomic mass is 35.5. The molecule has 0 radical (unpaired) electrons. The first kappa shape index (κ1) is 21.3. The van der Waals surface area contributed by atoms with Crippen LogP contribution < -0.4 is 14.2 Å². The van der Waals surface area contributed by atoms with Gasteiger partial charge in [-0.05, 0) is 49.2 Å². The third-order valence-corrected chi connectivity index (χ3v) is 6.14. The minimum Gasteiger partial charge on any atom is -0.497 e. The van der Waals surface area contributed by atoms with Crippen molar-refractivity contribution in [2.75, 3.05) is 34.4 Å². The summed E-state index contributed by atoms with van der Waals surface area (Å²) in [6, 6.07) is 11.8. The van der Waals surface area contributed by atoms with Gasteiger partial charge >= 0.3 is 0 Å². The first-order chi connectivity index (χ1) is 12.9. The summed E-state index contributed by atoms with van der Waals surface area (Å²) in [5.74, 6) is 1.48. The Bertz CT molecular complexity index is 840. The molecule has 0 atom stereocenters. The summed E-state index contributed by atoms with van der Waals surface area (Å²) in [5.41, 5.74) is 0. The summed E-state index contributed by atoms with van der Waals surface area (Å²) in [5, 5.41) is 0.655. The molecule has 0 saturated heterocycles. The molecular formula is C19H24ClNO5S. The number of ether oxygens (including phenoxy) is 3. The average molecular weight is 414 g/mol. The monoisotopic (exact) mass is 413 g/mol. The van der Waals surface area contributed by atoms with Crippen LogP contribution in [0.25, 0.3) is 0 Å². The van der Waals surface area contributed by atoms with E-state index in [1.165, 1.54) is 24.6 Å². The molecule has 0 heterocycles. The standard InChI is InChI=1S/C19H24ClNO5S/c1-21(12-4-5-13-26-16-8-6-15(20)7-9-16)27(22,23)19-14-17(24-2)10-11-18(19)25-3/h6-11,14H,4-5,12-13H2,1-3H3. The van der Waals surface area contributed by atoms with Crippen LogP contribution in [-0.4, -0.2) is 47.1 Å². The van der Waals surface area contributed by atoms with Crippen LogP contribution in [0.3, 0.4) is 0 Å². The van der Waals surface area contributed by atoms with Crippen LogP contribution in [0, 0.1) is 0 Å². The molecule has 2 rings (SSSR count). The van der Waals surface area contributed by atoms with Crippen LogP contribution >= 0.6 is 11.6 Å². The van der Waals surface area contributed by atoms with Gasteiger partial charge in [-0.1, -0.05) is 11.6 Å². The van der Waals surface area contributed by atoms with Crippen LogP contribution in [-0.2, 0) is 10.0 Å². The van der Waals surface area contributed by atoms with Crippen LogP contribution in [0.4, 0.5) is 0 Å². The maximum atomic E-state index is 12.8. The van der Waals surface area contributed by atoms with E-state index in [1.807, 2.05) is 0 Å². The Labute approximate surface area is 165 Å². The topological polar surface area (TPSA) is 65.1 Å². The lowest BCUT2D eigenvalue weighted by Crippen LogP contribution is -2.28. The summed E-state index contributed by atoms with van der Waals surface area (Å²) in [6.07, 6.45) is 1.38. The molecule has 0 aliphatic carbocycles. The molecule has 0 aliphatic rings. The van der Waals surface area contributed by atoms with Crippen LogP contribution in [0.15, 0.2) is 47.4 Å². The number of sulfonamides is 1. The van der Waals surface area contributed by atoms with Gasteiger partial charge in [-0.3, -0.25) is 0 Å². The zero-order valence-electron chi connectivity index (χ0n) is 15.6. The Balaban J connectivity index is 1.90. The van der Waals surface area contributed by atoms with Crippen molar-refractivity contribution in [3.63, 3.8) is 0 Å². The van der Waals surface area contributed by atoms with Crippen molar-refractivity contribution in [3.8, 4) is 17.2 Å². The Kier molecular flexibility index (Phi) is 7.77. The maximum absolute atomic E-state index is 12.8. The number of hydrogen-bond acceptors (Lipinski definition) is 5. The van der Waals surface area contributed by atoms with Gasteiger partial charge in [0.1, 0.15) is 22.1 Å². The molecule has 0 amide bonds. The summed E-state index contributed by atoms with van der Waals surface area (Å²) >= 11 is 5.83. The van der Waals surface area contributed by atoms with E-state index in [0.29, 0.717) is 30.3 Å². The number of unbranched alkanes of at least 4 members (excludes halogenated alkanes) is 1. The lowest BCUT2D eigenvalue weighted by Gasteiger charge is -2.19. The third-order valence-electron chi connectivity index (χ3n) is 4.01. The summed E-state index contributed by atoms with van der Waals surface area (Å²) in [4.78, 5) is 0.0873. The van der Waals surface area contributed by atoms with Crippen molar-refractivity contribution in [1.29, 1.82) is 0 Å². The molecule has 0 aliphatic heterocycles. The van der Waals surface area contributed by atoms with E-state index < -0.39 is 10.0 Å². The largest absolute Gasteiger partial charge is 0.497 e. The third kappa shape index (κ3) is 5.76. The molecule has 27 heavy (non-hydrogen) atoms. The van der Waals surface area contributed by atoms with E-state index in [4.69, 9.17) is 25.8 Å². The Morgan fingerprint density at radius 1 is 0.963 bits per heavy atom. The number of nitrogens with zero attached hydrogens (tertiary/aromatic N) is 1. The zero-order valence-corrected chi connectivity index (χ0v) is 17.2. The number of rotatable bonds is 10. The van der Waals surface area contributed by atoms with E-state index in [2.05, 4.69) is 0 Å². The smallest absolute Gasteiger partial charge is 0.246 e. The Hall–Kier alpha value is -1.96. The van der Waals surface area contributed by atoms with E-state index >= 15 is 0 Å². The lowest BCUT2D eigenvalue weighted by atomic mass is 10.3. The average Bonchev–Trinajstić information content (AvgIpc) is 2.68. The normalized spacial score (nSPS) is 11.4. The fraction of sp³-hybridized carbons (Fsp3) is 0.368. The van der Waals surface area contributed by atoms with Crippen LogP contribution in [0.5, 0.6) is 17.2 Å². The highest BCUT2D eigenvalue weighted by Gasteiger charge is 2.25. The van der Waals surface area contributed by atoms with Gasteiger partial charge in [0.25, 0.3) is 0 Å². The Morgan fingerprint density at radius 3 is 2.26 bits per heavy atom. The fourth-order valence-corrected chi connectivity index (χ4v) is 3.93. The quantitative estimate of drug-likeness (QED) is 0.554. The van der Waals surface area contributed by atoms with Gasteiger partial charge in [-0.15, -0.1) is 0 Å². The van der Waals surface area contributed by atoms with E-state index in [9.17, 15) is 8.42 Å². The predicted molar refractivity (Wildman–Crippen MR) is 106 cm³/mol. The molecule has 0 unspecified atom stereocenters. The minimum absolute atomic E-state index is 0.0873. The molecule has 0 spiro atoms. The van der Waals surface area contributed by atoms with Gasteiger partial charge in [0.05, 0.1) is 20.8 Å². The first-order valence-corrected chi connectivity index (χ1v) is 10.3. The van der Waals surface area contributed by atoms with Gasteiger partial charge in [-0.25, -0.2) is 12.7 Å². The fourth-order valence-electron chi connectivity index (χ4n) is 2.43. The molecule has 6 nitrogen and oxygen atoms in total. The number of hydrogen-bond donors (Lipinski definition) is 0. The molecule has 0 fully saturated rings. The second-order valence-corrected chi connectivity index (χ2v) is 8.30. The second kappa shape index (κ2) is 9.82. The van der Waals surface area contributed by atoms with Crippen LogP contribution in [0.2, 0.25) is 5.02 Å². The SMILES string of the molecule is COc1ccc(OC)c(S(=O)(=O)N(C)CCCCOc2ccc(Cl)cc2)c1. The highest BCUT2D eigenvalue weighted by molar-refractivity contribution is 7.89. The van der Waals surface area contributed by atoms with Gasteiger partial charge in [0, 0.05) is 24.7 Å². The molecule has 0 bridgehead atoms.